The molecule has 0 fully saturated rings. The number of carboxylic acid groups (broad SMARTS) is 1. The van der Waals surface area contributed by atoms with Gasteiger partial charge < -0.3 is 24.6 Å². The van der Waals surface area contributed by atoms with E-state index in [2.05, 4.69) is 132 Å². The Morgan fingerprint density at radius 1 is 0.815 bits per heavy atom. The second-order valence-corrected chi connectivity index (χ2v) is 13.3. The van der Waals surface area contributed by atoms with Crippen LogP contribution in [0.15, 0.2) is 140 Å². The standard InChI is InChI=1S/C44H41N7O3/c1-4-49-30(3)28-37(39(49)32-26-24-31(25-27-32)29-50-40-36(42(52)53)22-15-23-38(40)45-43(50)54-5-2)41-46-47-48-51(41)44(33-16-9-6-10-17-33,34-18-11-7-12-19-34)35-20-13-8-14-21-35/h6-28,43,45H,4-5,29H2,1-3H3,(H,52,53). The molecule has 10 nitrogen and oxygen atoms in total. The van der Waals surface area contributed by atoms with Gasteiger partial charge in [0.15, 0.2) is 5.82 Å². The van der Waals surface area contributed by atoms with Gasteiger partial charge in [0, 0.05) is 31.0 Å². The summed E-state index contributed by atoms with van der Waals surface area (Å²) in [7, 11) is 0. The van der Waals surface area contributed by atoms with Crippen LogP contribution in [0.4, 0.5) is 11.4 Å². The van der Waals surface area contributed by atoms with Crippen molar-refractivity contribution in [2.24, 2.45) is 0 Å². The molecule has 0 aliphatic carbocycles. The third-order valence-electron chi connectivity index (χ3n) is 10.2. The number of nitrogens with zero attached hydrogens (tertiary/aromatic N) is 6. The Hall–Kier alpha value is -6.52. The highest BCUT2D eigenvalue weighted by Gasteiger charge is 2.42. The lowest BCUT2D eigenvalue weighted by molar-refractivity contribution is 0.0694. The summed E-state index contributed by atoms with van der Waals surface area (Å²) in [5.41, 5.74) is 8.82. The molecule has 1 aliphatic heterocycles. The predicted molar refractivity (Wildman–Crippen MR) is 210 cm³/mol. The predicted octanol–water partition coefficient (Wildman–Crippen LogP) is 8.43. The van der Waals surface area contributed by atoms with Gasteiger partial charge in [0.05, 0.1) is 22.6 Å². The first-order valence-electron chi connectivity index (χ1n) is 18.2. The number of hydrogen-bond acceptors (Lipinski definition) is 7. The normalized spacial score (nSPS) is 13.8. The van der Waals surface area contributed by atoms with E-state index in [1.165, 1.54) is 0 Å². The smallest absolute Gasteiger partial charge is 0.337 e. The number of hydrogen-bond donors (Lipinski definition) is 2. The average molecular weight is 716 g/mol. The zero-order chi connectivity index (χ0) is 37.2. The molecule has 1 unspecified atom stereocenters. The number of aromatic nitrogens is 5. The molecule has 5 aromatic carbocycles. The number of fused-ring (bicyclic) bond motifs is 1. The van der Waals surface area contributed by atoms with Crippen molar-refractivity contribution in [3.05, 3.63) is 173 Å². The number of para-hydroxylation sites is 1. The summed E-state index contributed by atoms with van der Waals surface area (Å²) < 4.78 is 10.3. The van der Waals surface area contributed by atoms with Crippen molar-refractivity contribution in [3.8, 4) is 22.6 Å². The summed E-state index contributed by atoms with van der Waals surface area (Å²) >= 11 is 0. The summed E-state index contributed by atoms with van der Waals surface area (Å²) in [6, 6.07) is 47.1. The third-order valence-corrected chi connectivity index (χ3v) is 10.2. The highest BCUT2D eigenvalue weighted by molar-refractivity contribution is 5.99. The van der Waals surface area contributed by atoms with Gasteiger partial charge in [0.25, 0.3) is 0 Å². The number of tetrazole rings is 1. The molecule has 2 aromatic heterocycles. The van der Waals surface area contributed by atoms with Gasteiger partial charge in [-0.15, -0.1) is 5.10 Å². The minimum atomic E-state index is -0.979. The molecule has 7 aromatic rings. The van der Waals surface area contributed by atoms with Gasteiger partial charge >= 0.3 is 5.97 Å². The maximum Gasteiger partial charge on any atom is 0.337 e. The molecule has 0 spiro atoms. The topological polar surface area (TPSA) is 110 Å². The van der Waals surface area contributed by atoms with Crippen LogP contribution in [0.3, 0.4) is 0 Å². The average Bonchev–Trinajstić information content (AvgIpc) is 3.92. The Morgan fingerprint density at radius 3 is 1.98 bits per heavy atom. The molecule has 10 heteroatoms. The lowest BCUT2D eigenvalue weighted by Crippen LogP contribution is -2.39. The number of rotatable bonds is 12. The minimum absolute atomic E-state index is 0.231. The number of nitrogens with one attached hydrogen (secondary N) is 1. The number of carbonyl (C=O) groups is 1. The van der Waals surface area contributed by atoms with Gasteiger partial charge in [-0.1, -0.05) is 121 Å². The first-order valence-corrected chi connectivity index (χ1v) is 18.2. The molecular weight excluding hydrogens is 675 g/mol. The molecule has 1 atom stereocenters. The van der Waals surface area contributed by atoms with E-state index in [4.69, 9.17) is 15.0 Å². The van der Waals surface area contributed by atoms with E-state index in [9.17, 15) is 9.90 Å². The Bertz CT molecular complexity index is 2290. The van der Waals surface area contributed by atoms with E-state index in [1.54, 1.807) is 12.1 Å². The number of carboxylic acids is 1. The van der Waals surface area contributed by atoms with Gasteiger partial charge in [-0.3, -0.25) is 0 Å². The zero-order valence-corrected chi connectivity index (χ0v) is 30.4. The van der Waals surface area contributed by atoms with Crippen LogP contribution >= 0.6 is 0 Å². The Balaban J connectivity index is 1.25. The van der Waals surface area contributed by atoms with Gasteiger partial charge in [-0.05, 0) is 77.2 Å². The van der Waals surface area contributed by atoms with Crippen LogP contribution in [-0.4, -0.2) is 48.8 Å². The van der Waals surface area contributed by atoms with E-state index < -0.39 is 17.9 Å². The van der Waals surface area contributed by atoms with Crippen LogP contribution < -0.4 is 10.2 Å². The quantitative estimate of drug-likeness (QED) is 0.121. The molecule has 0 saturated carbocycles. The summed E-state index contributed by atoms with van der Waals surface area (Å²) in [5.74, 6) is -0.339. The van der Waals surface area contributed by atoms with Gasteiger partial charge in [-0.2, -0.15) is 0 Å². The molecule has 1 aliphatic rings. The van der Waals surface area contributed by atoms with E-state index in [1.807, 2.05) is 40.8 Å². The number of benzene rings is 5. The molecule has 8 rings (SSSR count). The van der Waals surface area contributed by atoms with Crippen LogP contribution in [0, 0.1) is 6.92 Å². The van der Waals surface area contributed by atoms with Gasteiger partial charge in [0.1, 0.15) is 5.54 Å². The van der Waals surface area contributed by atoms with Crippen LogP contribution in [0.2, 0.25) is 0 Å². The Kier molecular flexibility index (Phi) is 9.27. The summed E-state index contributed by atoms with van der Waals surface area (Å²) in [4.78, 5) is 14.2. The first kappa shape index (κ1) is 34.6. The number of anilines is 2. The highest BCUT2D eigenvalue weighted by atomic mass is 16.5. The van der Waals surface area contributed by atoms with Crippen LogP contribution in [-0.2, 0) is 23.4 Å². The first-order chi connectivity index (χ1) is 26.4. The van der Waals surface area contributed by atoms with Crippen LogP contribution in [0.5, 0.6) is 0 Å². The molecule has 0 radical (unpaired) electrons. The summed E-state index contributed by atoms with van der Waals surface area (Å²) in [6.45, 7) is 7.85. The molecule has 0 bridgehead atoms. The number of aromatic carboxylic acids is 1. The molecule has 0 saturated heterocycles. The molecule has 270 valence electrons. The Labute approximate surface area is 314 Å². The van der Waals surface area contributed by atoms with Crippen LogP contribution in [0.1, 0.15) is 52.2 Å². The number of ether oxygens (including phenoxy) is 1. The molecule has 2 N–H and O–H groups in total. The van der Waals surface area contributed by atoms with E-state index in [-0.39, 0.29) is 5.56 Å². The second kappa shape index (κ2) is 14.5. The van der Waals surface area contributed by atoms with Gasteiger partial charge in [0.2, 0.25) is 6.35 Å². The second-order valence-electron chi connectivity index (χ2n) is 13.3. The van der Waals surface area contributed by atoms with Crippen molar-refractivity contribution in [3.63, 3.8) is 0 Å². The van der Waals surface area contributed by atoms with E-state index >= 15 is 0 Å². The van der Waals surface area contributed by atoms with Gasteiger partial charge in [-0.25, -0.2) is 9.48 Å². The minimum Gasteiger partial charge on any atom is -0.478 e. The fourth-order valence-electron chi connectivity index (χ4n) is 7.94. The SMILES string of the molecule is CCOC1Nc2cccc(C(=O)O)c2N1Cc1ccc(-c2c(-c3nnnn3C(c3ccccc3)(c3ccccc3)c3ccccc3)cc(C)n2CC)cc1. The van der Waals surface area contributed by atoms with E-state index in [0.29, 0.717) is 24.7 Å². The van der Waals surface area contributed by atoms with Crippen molar-refractivity contribution >= 4 is 17.3 Å². The zero-order valence-electron chi connectivity index (χ0n) is 30.4. The Morgan fingerprint density at radius 2 is 1.43 bits per heavy atom. The lowest BCUT2D eigenvalue weighted by Gasteiger charge is -2.36. The lowest BCUT2D eigenvalue weighted by atomic mass is 9.77. The van der Waals surface area contributed by atoms with Crippen molar-refractivity contribution in [1.82, 2.24) is 24.8 Å². The van der Waals surface area contributed by atoms with Crippen molar-refractivity contribution in [1.29, 1.82) is 0 Å². The highest BCUT2D eigenvalue weighted by Crippen LogP contribution is 2.44. The fraction of sp³-hybridized carbons (Fsp3) is 0.182. The molecule has 54 heavy (non-hydrogen) atoms. The largest absolute Gasteiger partial charge is 0.478 e. The molecular formula is C44H41N7O3. The summed E-state index contributed by atoms with van der Waals surface area (Å²) in [6.07, 6.45) is -0.491. The summed E-state index contributed by atoms with van der Waals surface area (Å²) in [5, 5.41) is 27.3. The third kappa shape index (κ3) is 5.81. The number of aryl methyl sites for hydroxylation is 1. The van der Waals surface area contributed by atoms with Crippen molar-refractivity contribution in [2.45, 2.75) is 45.8 Å². The van der Waals surface area contributed by atoms with Crippen molar-refractivity contribution < 1.29 is 14.6 Å². The maximum absolute atomic E-state index is 12.2. The van der Waals surface area contributed by atoms with Crippen LogP contribution in [0.25, 0.3) is 22.6 Å². The van der Waals surface area contributed by atoms with E-state index in [0.717, 1.165) is 57.0 Å². The van der Waals surface area contributed by atoms with Crippen molar-refractivity contribution in [2.75, 3.05) is 16.8 Å². The molecule has 3 heterocycles. The monoisotopic (exact) mass is 715 g/mol. The maximum atomic E-state index is 12.2. The molecule has 0 amide bonds. The fourth-order valence-corrected chi connectivity index (χ4v) is 7.94.